The maximum atomic E-state index is 12.5. The molecule has 1 saturated heterocycles. The van der Waals surface area contributed by atoms with Crippen LogP contribution >= 0.6 is 0 Å². The number of hydrogen-bond acceptors (Lipinski definition) is 4. The summed E-state index contributed by atoms with van der Waals surface area (Å²) in [7, 11) is 0. The number of benzene rings is 1. The van der Waals surface area contributed by atoms with E-state index < -0.39 is 0 Å². The number of ketones is 1. The van der Waals surface area contributed by atoms with E-state index in [0.717, 1.165) is 67.6 Å². The highest BCUT2D eigenvalue weighted by Crippen LogP contribution is 2.25. The van der Waals surface area contributed by atoms with Crippen LogP contribution in [0.5, 0.6) is 0 Å². The Morgan fingerprint density at radius 1 is 1.16 bits per heavy atom. The van der Waals surface area contributed by atoms with Crippen molar-refractivity contribution in [2.24, 2.45) is 0 Å². The van der Waals surface area contributed by atoms with Gasteiger partial charge in [-0.2, -0.15) is 0 Å². The molecule has 0 atom stereocenters. The van der Waals surface area contributed by atoms with Gasteiger partial charge in [-0.3, -0.25) is 14.1 Å². The molecule has 6 heteroatoms. The monoisotopic (exact) mass is 340 g/mol. The van der Waals surface area contributed by atoms with Crippen molar-refractivity contribution in [2.75, 3.05) is 32.8 Å². The lowest BCUT2D eigenvalue weighted by Gasteiger charge is -2.26. The average Bonchev–Trinajstić information content (AvgIpc) is 3.13. The van der Waals surface area contributed by atoms with Crippen molar-refractivity contribution in [1.29, 1.82) is 0 Å². The van der Waals surface area contributed by atoms with E-state index in [1.807, 2.05) is 30.4 Å². The predicted octanol–water partition coefficient (Wildman–Crippen LogP) is 2.52. The molecule has 0 amide bonds. The van der Waals surface area contributed by atoms with Crippen LogP contribution in [0.25, 0.3) is 16.8 Å². The fourth-order valence-corrected chi connectivity index (χ4v) is 3.69. The molecule has 0 radical (unpaired) electrons. The Bertz CT molecular complexity index is 918. The molecule has 0 aliphatic carbocycles. The second-order valence-corrected chi connectivity index (χ2v) is 6.55. The predicted molar refractivity (Wildman–Crippen MR) is 97.3 cm³/mol. The second kappa shape index (κ2) is 6.61. The number of fused-ring (bicyclic) bond motifs is 3. The third-order valence-corrected chi connectivity index (χ3v) is 5.02. The number of hydrogen-bond donors (Lipinski definition) is 0. The summed E-state index contributed by atoms with van der Waals surface area (Å²) in [5.41, 5.74) is 3.71. The van der Waals surface area contributed by atoms with Crippen LogP contribution in [-0.4, -0.2) is 57.5 Å². The van der Waals surface area contributed by atoms with Crippen molar-refractivity contribution in [3.05, 3.63) is 35.7 Å². The maximum absolute atomic E-state index is 12.5. The zero-order valence-electron chi connectivity index (χ0n) is 14.9. The lowest BCUT2D eigenvalue weighted by Crippen LogP contribution is -2.38. The van der Waals surface area contributed by atoms with Crippen molar-refractivity contribution in [2.45, 2.75) is 26.8 Å². The Kier molecular flexibility index (Phi) is 4.31. The molecule has 3 heterocycles. The van der Waals surface area contributed by atoms with Crippen molar-refractivity contribution >= 4 is 22.6 Å². The number of rotatable bonds is 5. The maximum Gasteiger partial charge on any atom is 0.215 e. The molecular weight excluding hydrogens is 316 g/mol. The Labute approximate surface area is 147 Å². The lowest BCUT2D eigenvalue weighted by atomic mass is 10.2. The van der Waals surface area contributed by atoms with Gasteiger partial charge >= 0.3 is 0 Å². The summed E-state index contributed by atoms with van der Waals surface area (Å²) in [5, 5.41) is 0. The quantitative estimate of drug-likeness (QED) is 0.670. The van der Waals surface area contributed by atoms with Crippen molar-refractivity contribution < 1.29 is 9.53 Å². The average molecular weight is 340 g/mol. The summed E-state index contributed by atoms with van der Waals surface area (Å²) < 4.78 is 9.71. The van der Waals surface area contributed by atoms with Gasteiger partial charge in [0.05, 0.1) is 29.9 Å². The van der Waals surface area contributed by atoms with E-state index in [0.29, 0.717) is 6.42 Å². The normalized spacial score (nSPS) is 16.1. The molecule has 0 bridgehead atoms. The number of aromatic nitrogens is 3. The van der Waals surface area contributed by atoms with Gasteiger partial charge in [0.25, 0.3) is 0 Å². The zero-order valence-corrected chi connectivity index (χ0v) is 14.9. The summed E-state index contributed by atoms with van der Waals surface area (Å²) >= 11 is 0. The highest BCUT2D eigenvalue weighted by Gasteiger charge is 2.22. The molecule has 132 valence electrons. The third kappa shape index (κ3) is 2.75. The number of aryl methyl sites for hydroxylation is 1. The second-order valence-electron chi connectivity index (χ2n) is 6.55. The van der Waals surface area contributed by atoms with E-state index in [-0.39, 0.29) is 5.78 Å². The van der Waals surface area contributed by atoms with Crippen molar-refractivity contribution in [3.63, 3.8) is 0 Å². The van der Waals surface area contributed by atoms with E-state index in [9.17, 15) is 4.79 Å². The summed E-state index contributed by atoms with van der Waals surface area (Å²) in [6, 6.07) is 8.24. The van der Waals surface area contributed by atoms with Gasteiger partial charge in [0.2, 0.25) is 5.78 Å². The first-order chi connectivity index (χ1) is 12.2. The molecule has 4 rings (SSSR count). The van der Waals surface area contributed by atoms with Gasteiger partial charge in [0, 0.05) is 32.6 Å². The topological polar surface area (TPSA) is 51.8 Å². The number of Topliss-reactive ketones (excluding diaryl/α,β-unsaturated/α-hetero) is 1. The van der Waals surface area contributed by atoms with E-state index in [2.05, 4.69) is 21.6 Å². The Balaban J connectivity index is 1.80. The Hall–Kier alpha value is -2.18. The SMILES string of the molecule is CCC(=O)c1c(C)nc2n(CCN3CCOCC3)c3ccccc3n12. The van der Waals surface area contributed by atoms with Crippen LogP contribution in [0.4, 0.5) is 0 Å². The molecule has 2 aromatic heterocycles. The number of carbonyl (C=O) groups is 1. The summed E-state index contributed by atoms with van der Waals surface area (Å²) in [6.45, 7) is 9.20. The van der Waals surface area contributed by atoms with Crippen LogP contribution in [0.15, 0.2) is 24.3 Å². The van der Waals surface area contributed by atoms with Crippen LogP contribution in [0.1, 0.15) is 29.5 Å². The van der Waals surface area contributed by atoms with Gasteiger partial charge in [-0.05, 0) is 19.1 Å². The van der Waals surface area contributed by atoms with Gasteiger partial charge in [-0.1, -0.05) is 19.1 Å². The first-order valence-corrected chi connectivity index (χ1v) is 9.00. The first kappa shape index (κ1) is 16.3. The fraction of sp³-hybridized carbons (Fsp3) is 0.474. The van der Waals surface area contributed by atoms with Gasteiger partial charge < -0.3 is 9.30 Å². The van der Waals surface area contributed by atoms with Gasteiger partial charge in [-0.25, -0.2) is 4.98 Å². The number of para-hydroxylation sites is 2. The summed E-state index contributed by atoms with van der Waals surface area (Å²) in [6.07, 6.45) is 0.488. The molecule has 1 fully saturated rings. The first-order valence-electron chi connectivity index (χ1n) is 9.00. The van der Waals surface area contributed by atoms with Crippen LogP contribution < -0.4 is 0 Å². The van der Waals surface area contributed by atoms with Gasteiger partial charge in [0.15, 0.2) is 5.78 Å². The highest BCUT2D eigenvalue weighted by molar-refractivity contribution is 5.98. The number of imidazole rings is 2. The van der Waals surface area contributed by atoms with Crippen LogP contribution in [0.3, 0.4) is 0 Å². The lowest BCUT2D eigenvalue weighted by molar-refractivity contribution is 0.0366. The van der Waals surface area contributed by atoms with Crippen LogP contribution in [0.2, 0.25) is 0 Å². The molecule has 3 aromatic rings. The van der Waals surface area contributed by atoms with E-state index in [1.54, 1.807) is 0 Å². The standard InChI is InChI=1S/C19H24N4O2/c1-3-17(24)18-14(2)20-19-22(9-8-21-10-12-25-13-11-21)15-6-4-5-7-16(15)23(18)19/h4-7H,3,8-13H2,1-2H3. The smallest absolute Gasteiger partial charge is 0.215 e. The van der Waals surface area contributed by atoms with E-state index >= 15 is 0 Å². The number of nitrogens with zero attached hydrogens (tertiary/aromatic N) is 4. The minimum atomic E-state index is 0.140. The molecule has 25 heavy (non-hydrogen) atoms. The number of carbonyl (C=O) groups excluding carboxylic acids is 1. The fourth-order valence-electron chi connectivity index (χ4n) is 3.69. The number of ether oxygens (including phenoxy) is 1. The van der Waals surface area contributed by atoms with Gasteiger partial charge in [-0.15, -0.1) is 0 Å². The van der Waals surface area contributed by atoms with Crippen LogP contribution in [0, 0.1) is 6.92 Å². The zero-order chi connectivity index (χ0) is 17.4. The molecule has 0 saturated carbocycles. The van der Waals surface area contributed by atoms with Crippen LogP contribution in [-0.2, 0) is 11.3 Å². The summed E-state index contributed by atoms with van der Waals surface area (Å²) in [5.74, 6) is 1.00. The molecule has 1 aromatic carbocycles. The molecule has 1 aliphatic heterocycles. The largest absolute Gasteiger partial charge is 0.379 e. The molecule has 6 nitrogen and oxygen atoms in total. The molecule has 0 spiro atoms. The molecule has 1 aliphatic rings. The minimum absolute atomic E-state index is 0.140. The highest BCUT2D eigenvalue weighted by atomic mass is 16.5. The van der Waals surface area contributed by atoms with Gasteiger partial charge in [0.1, 0.15) is 5.69 Å². The third-order valence-electron chi connectivity index (χ3n) is 5.02. The van der Waals surface area contributed by atoms with E-state index in [1.165, 1.54) is 0 Å². The molecular formula is C19H24N4O2. The minimum Gasteiger partial charge on any atom is -0.379 e. The molecule has 0 unspecified atom stereocenters. The van der Waals surface area contributed by atoms with E-state index in [4.69, 9.17) is 9.72 Å². The number of morpholine rings is 1. The summed E-state index contributed by atoms with van der Waals surface area (Å²) in [4.78, 5) is 19.6. The van der Waals surface area contributed by atoms with Crippen molar-refractivity contribution in [3.8, 4) is 0 Å². The Morgan fingerprint density at radius 2 is 1.88 bits per heavy atom. The molecule has 0 N–H and O–H groups in total. The Morgan fingerprint density at radius 3 is 2.60 bits per heavy atom. The van der Waals surface area contributed by atoms with Crippen molar-refractivity contribution in [1.82, 2.24) is 18.9 Å².